The molecule has 2 nitrogen and oxygen atoms in total. The maximum absolute atomic E-state index is 4.23. The van der Waals surface area contributed by atoms with Crippen LogP contribution in [0.15, 0.2) is 29.0 Å². The predicted octanol–water partition coefficient (Wildman–Crippen LogP) is 2.61. The number of halogens is 1. The largest absolute Gasteiger partial charge is 0.309 e. The third-order valence-corrected chi connectivity index (χ3v) is 3.78. The molecule has 2 heterocycles. The molecule has 1 aliphatic heterocycles. The lowest BCUT2D eigenvalue weighted by atomic mass is 9.76. The van der Waals surface area contributed by atoms with Gasteiger partial charge in [0.15, 0.2) is 0 Å². The van der Waals surface area contributed by atoms with Crippen LogP contribution in [0.3, 0.4) is 0 Å². The van der Waals surface area contributed by atoms with Crippen LogP contribution in [0.2, 0.25) is 0 Å². The lowest BCUT2D eigenvalue weighted by Gasteiger charge is -2.42. The monoisotopic (exact) mass is 264 g/mol. The van der Waals surface area contributed by atoms with Gasteiger partial charge in [-0.05, 0) is 51.9 Å². The number of fused-ring (bicyclic) bond motifs is 1. The fourth-order valence-corrected chi connectivity index (χ4v) is 2.85. The van der Waals surface area contributed by atoms with E-state index in [-0.39, 0.29) is 0 Å². The van der Waals surface area contributed by atoms with Gasteiger partial charge in [-0.1, -0.05) is 6.08 Å². The zero-order chi connectivity index (χ0) is 10.3. The van der Waals surface area contributed by atoms with E-state index in [1.165, 1.54) is 30.5 Å². The first kappa shape index (κ1) is 9.55. The Morgan fingerprint density at radius 2 is 2.33 bits per heavy atom. The summed E-state index contributed by atoms with van der Waals surface area (Å²) in [5.74, 6) is 0.851. The van der Waals surface area contributed by atoms with Crippen molar-refractivity contribution in [2.75, 3.05) is 6.54 Å². The summed E-state index contributed by atoms with van der Waals surface area (Å²) in [6.07, 6.45) is 8.70. The van der Waals surface area contributed by atoms with Crippen LogP contribution in [0.1, 0.15) is 18.4 Å². The topological polar surface area (TPSA) is 24.9 Å². The van der Waals surface area contributed by atoms with Gasteiger partial charge in [0, 0.05) is 29.5 Å². The Balaban J connectivity index is 1.96. The van der Waals surface area contributed by atoms with Gasteiger partial charge in [-0.2, -0.15) is 0 Å². The molecule has 0 radical (unpaired) electrons. The standard InChI is InChI=1S/C12H13BrN2/c13-10-4-9(5-14-7-10)11-3-1-2-8-6-15-12(8)11/h3-5,7-8,12,15H,1-2,6H2/t8-,12+/m0/s1. The minimum Gasteiger partial charge on any atom is -0.309 e. The van der Waals surface area contributed by atoms with Crippen molar-refractivity contribution in [2.24, 2.45) is 5.92 Å². The van der Waals surface area contributed by atoms with Crippen molar-refractivity contribution in [1.29, 1.82) is 0 Å². The Morgan fingerprint density at radius 3 is 3.07 bits per heavy atom. The van der Waals surface area contributed by atoms with Gasteiger partial charge in [-0.3, -0.25) is 4.98 Å². The molecule has 0 spiro atoms. The average molecular weight is 265 g/mol. The fourth-order valence-electron chi connectivity index (χ4n) is 2.48. The van der Waals surface area contributed by atoms with Gasteiger partial charge in [-0.25, -0.2) is 0 Å². The van der Waals surface area contributed by atoms with Crippen LogP contribution < -0.4 is 5.32 Å². The Bertz CT molecular complexity index is 414. The number of aromatic nitrogens is 1. The Labute approximate surface area is 97.9 Å². The van der Waals surface area contributed by atoms with Crippen LogP contribution in [0.4, 0.5) is 0 Å². The smallest absolute Gasteiger partial charge is 0.0410 e. The fraction of sp³-hybridized carbons (Fsp3) is 0.417. The molecule has 3 rings (SSSR count). The molecular weight excluding hydrogens is 252 g/mol. The van der Waals surface area contributed by atoms with Crippen LogP contribution in [-0.2, 0) is 0 Å². The number of pyridine rings is 1. The Morgan fingerprint density at radius 1 is 1.40 bits per heavy atom. The molecule has 1 aliphatic carbocycles. The highest BCUT2D eigenvalue weighted by atomic mass is 79.9. The van der Waals surface area contributed by atoms with E-state index in [9.17, 15) is 0 Å². The highest BCUT2D eigenvalue weighted by Gasteiger charge is 2.35. The van der Waals surface area contributed by atoms with Crippen molar-refractivity contribution in [1.82, 2.24) is 10.3 Å². The number of allylic oxidation sites excluding steroid dienone is 1. The van der Waals surface area contributed by atoms with Crippen molar-refractivity contribution in [3.05, 3.63) is 34.6 Å². The van der Waals surface area contributed by atoms with Crippen LogP contribution >= 0.6 is 15.9 Å². The van der Waals surface area contributed by atoms with Crippen LogP contribution in [0.5, 0.6) is 0 Å². The summed E-state index contributed by atoms with van der Waals surface area (Å²) < 4.78 is 1.06. The van der Waals surface area contributed by atoms with Gasteiger partial charge in [0.25, 0.3) is 0 Å². The molecule has 2 aliphatic rings. The van der Waals surface area contributed by atoms with Gasteiger partial charge in [-0.15, -0.1) is 0 Å². The first-order valence-corrected chi connectivity index (χ1v) is 6.18. The van der Waals surface area contributed by atoms with E-state index < -0.39 is 0 Å². The van der Waals surface area contributed by atoms with E-state index in [4.69, 9.17) is 0 Å². The first-order chi connectivity index (χ1) is 7.34. The van der Waals surface area contributed by atoms with Crippen LogP contribution in [0, 0.1) is 5.92 Å². The van der Waals surface area contributed by atoms with Crippen molar-refractivity contribution in [3.63, 3.8) is 0 Å². The average Bonchev–Trinajstić information content (AvgIpc) is 2.19. The molecule has 78 valence electrons. The molecule has 1 aromatic heterocycles. The van der Waals surface area contributed by atoms with E-state index in [0.717, 1.165) is 10.4 Å². The van der Waals surface area contributed by atoms with E-state index in [0.29, 0.717) is 6.04 Å². The molecule has 0 aromatic carbocycles. The molecule has 1 N–H and O–H groups in total. The van der Waals surface area contributed by atoms with Gasteiger partial charge in [0.05, 0.1) is 0 Å². The van der Waals surface area contributed by atoms with Gasteiger partial charge < -0.3 is 5.32 Å². The molecule has 1 saturated heterocycles. The van der Waals surface area contributed by atoms with Crippen molar-refractivity contribution >= 4 is 21.5 Å². The number of nitrogens with zero attached hydrogens (tertiary/aromatic N) is 1. The van der Waals surface area contributed by atoms with Crippen LogP contribution in [0.25, 0.3) is 5.57 Å². The summed E-state index contributed by atoms with van der Waals surface area (Å²) in [6.45, 7) is 1.18. The van der Waals surface area contributed by atoms with E-state index in [1.54, 1.807) is 0 Å². The third kappa shape index (κ3) is 1.64. The molecule has 3 heteroatoms. The van der Waals surface area contributed by atoms with E-state index in [1.807, 2.05) is 12.4 Å². The molecule has 2 atom stereocenters. The second-order valence-electron chi connectivity index (χ2n) is 4.27. The summed E-state index contributed by atoms with van der Waals surface area (Å²) in [6, 6.07) is 2.73. The summed E-state index contributed by atoms with van der Waals surface area (Å²) in [5, 5.41) is 3.50. The van der Waals surface area contributed by atoms with Gasteiger partial charge in [0.2, 0.25) is 0 Å². The summed E-state index contributed by atoms with van der Waals surface area (Å²) in [7, 11) is 0. The van der Waals surface area contributed by atoms with Gasteiger partial charge in [0.1, 0.15) is 0 Å². The molecular formula is C12H13BrN2. The second-order valence-corrected chi connectivity index (χ2v) is 5.19. The Kier molecular flexibility index (Phi) is 2.37. The number of hydrogen-bond acceptors (Lipinski definition) is 2. The highest BCUT2D eigenvalue weighted by molar-refractivity contribution is 9.10. The second kappa shape index (κ2) is 3.72. The lowest BCUT2D eigenvalue weighted by Crippen LogP contribution is -2.54. The molecule has 1 fully saturated rings. The third-order valence-electron chi connectivity index (χ3n) is 3.35. The maximum Gasteiger partial charge on any atom is 0.0410 e. The zero-order valence-corrected chi connectivity index (χ0v) is 10.00. The number of hydrogen-bond donors (Lipinski definition) is 1. The van der Waals surface area contributed by atoms with E-state index in [2.05, 4.69) is 38.4 Å². The zero-order valence-electron chi connectivity index (χ0n) is 8.41. The number of rotatable bonds is 1. The first-order valence-electron chi connectivity index (χ1n) is 5.39. The quantitative estimate of drug-likeness (QED) is 0.844. The molecule has 0 bridgehead atoms. The molecule has 1 aromatic rings. The number of nitrogens with one attached hydrogen (secondary N) is 1. The van der Waals surface area contributed by atoms with Crippen molar-refractivity contribution in [3.8, 4) is 0 Å². The molecule has 0 saturated carbocycles. The van der Waals surface area contributed by atoms with Gasteiger partial charge >= 0.3 is 0 Å². The Hall–Kier alpha value is -0.670. The maximum atomic E-state index is 4.23. The minimum atomic E-state index is 0.579. The summed E-state index contributed by atoms with van der Waals surface area (Å²) in [4.78, 5) is 4.23. The predicted molar refractivity (Wildman–Crippen MR) is 64.4 cm³/mol. The normalized spacial score (nSPS) is 29.0. The molecule has 0 unspecified atom stereocenters. The SMILES string of the molecule is Brc1cncc(C2=CCC[C@H]3CN[C@@H]23)c1. The molecule has 15 heavy (non-hydrogen) atoms. The minimum absolute atomic E-state index is 0.579. The van der Waals surface area contributed by atoms with Crippen molar-refractivity contribution in [2.45, 2.75) is 18.9 Å². The molecule has 0 amide bonds. The summed E-state index contributed by atoms with van der Waals surface area (Å²) >= 11 is 3.47. The summed E-state index contributed by atoms with van der Waals surface area (Å²) in [5.41, 5.74) is 2.69. The van der Waals surface area contributed by atoms with Crippen LogP contribution in [-0.4, -0.2) is 17.6 Å². The van der Waals surface area contributed by atoms with E-state index >= 15 is 0 Å². The van der Waals surface area contributed by atoms with Crippen molar-refractivity contribution < 1.29 is 0 Å². The highest BCUT2D eigenvalue weighted by Crippen LogP contribution is 2.36. The lowest BCUT2D eigenvalue weighted by molar-refractivity contribution is 0.262.